The Labute approximate surface area is 184 Å². The summed E-state index contributed by atoms with van der Waals surface area (Å²) in [6, 6.07) is 13.2. The fourth-order valence-corrected chi connectivity index (χ4v) is 5.81. The number of aromatic nitrogens is 1. The first-order chi connectivity index (χ1) is 14.6. The number of nitrogens with one attached hydrogen (secondary N) is 1. The third-order valence-corrected chi connectivity index (χ3v) is 7.51. The molecule has 0 spiro atoms. The zero-order chi connectivity index (χ0) is 21.1. The van der Waals surface area contributed by atoms with Crippen LogP contribution in [0.15, 0.2) is 41.2 Å². The summed E-state index contributed by atoms with van der Waals surface area (Å²) in [5.74, 6) is 0.651. The second kappa shape index (κ2) is 9.71. The second-order valence-electron chi connectivity index (χ2n) is 8.88. The third kappa shape index (κ3) is 4.53. The largest absolute Gasteiger partial charge is 0.376 e. The first-order valence-electron chi connectivity index (χ1n) is 11.2. The first kappa shape index (κ1) is 21.7. The molecule has 0 amide bonds. The van der Waals surface area contributed by atoms with Crippen molar-refractivity contribution in [2.24, 2.45) is 0 Å². The molecule has 0 radical (unpaired) electrons. The lowest BCUT2D eigenvalue weighted by Crippen LogP contribution is -2.46. The summed E-state index contributed by atoms with van der Waals surface area (Å²) >= 11 is 1.64. The molecule has 1 saturated carbocycles. The van der Waals surface area contributed by atoms with Gasteiger partial charge in [0, 0.05) is 17.3 Å². The molecule has 4 nitrogen and oxygen atoms in total. The molecule has 0 bridgehead atoms. The number of hydrogen-bond acceptors (Lipinski definition) is 4. The third-order valence-electron chi connectivity index (χ3n) is 6.97. The highest BCUT2D eigenvalue weighted by Gasteiger charge is 2.32. The summed E-state index contributed by atoms with van der Waals surface area (Å²) in [7, 11) is 0. The average Bonchev–Trinajstić information content (AvgIpc) is 2.76. The van der Waals surface area contributed by atoms with Gasteiger partial charge in [0.25, 0.3) is 5.56 Å². The summed E-state index contributed by atoms with van der Waals surface area (Å²) in [5.41, 5.74) is 5.00. The van der Waals surface area contributed by atoms with Crippen molar-refractivity contribution in [2.75, 3.05) is 12.9 Å². The fraction of sp³-hybridized carbons (Fsp3) is 0.560. The predicted molar refractivity (Wildman–Crippen MR) is 125 cm³/mol. The lowest BCUT2D eigenvalue weighted by Gasteiger charge is -2.37. The van der Waals surface area contributed by atoms with E-state index in [0.717, 1.165) is 36.9 Å². The molecule has 1 aliphatic heterocycles. The zero-order valence-corrected chi connectivity index (χ0v) is 19.2. The highest BCUT2D eigenvalue weighted by atomic mass is 32.2. The molecule has 1 aromatic carbocycles. The average molecular weight is 427 g/mol. The van der Waals surface area contributed by atoms with Crippen molar-refractivity contribution in [3.05, 3.63) is 69.1 Å². The van der Waals surface area contributed by atoms with E-state index in [-0.39, 0.29) is 17.6 Å². The van der Waals surface area contributed by atoms with Gasteiger partial charge in [0.2, 0.25) is 0 Å². The summed E-state index contributed by atoms with van der Waals surface area (Å²) < 4.78 is 12.0. The van der Waals surface area contributed by atoms with Crippen LogP contribution in [0.3, 0.4) is 0 Å². The van der Waals surface area contributed by atoms with Gasteiger partial charge in [0.1, 0.15) is 0 Å². The Morgan fingerprint density at radius 1 is 1.03 bits per heavy atom. The minimum Gasteiger partial charge on any atom is -0.376 e. The molecule has 162 valence electrons. The highest BCUT2D eigenvalue weighted by molar-refractivity contribution is 7.96. The number of aryl methyl sites for hydroxylation is 3. The standard InChI is InChI=1S/C25H34N2O2S/c1-17-6-4-5-7-22(17)19-9-13-21(14-10-19)29-16-24-23(26-30-3)15-12-20-11-8-18(2)25(28)27(20)24/h4-8,11,19,21,23-24,26H,9-10,12-16H2,1-3H3. The van der Waals surface area contributed by atoms with Crippen molar-refractivity contribution in [1.29, 1.82) is 0 Å². The summed E-state index contributed by atoms with van der Waals surface area (Å²) in [5, 5.41) is 0. The lowest BCUT2D eigenvalue weighted by atomic mass is 9.81. The molecular weight excluding hydrogens is 392 g/mol. The molecule has 1 aromatic heterocycles. The number of nitrogens with zero attached hydrogens (tertiary/aromatic N) is 1. The van der Waals surface area contributed by atoms with Crippen LogP contribution in [0, 0.1) is 13.8 Å². The van der Waals surface area contributed by atoms with E-state index in [0.29, 0.717) is 18.6 Å². The molecule has 5 heteroatoms. The quantitative estimate of drug-likeness (QED) is 0.665. The molecule has 30 heavy (non-hydrogen) atoms. The van der Waals surface area contributed by atoms with Crippen molar-refractivity contribution in [1.82, 2.24) is 9.29 Å². The molecule has 0 saturated heterocycles. The van der Waals surface area contributed by atoms with E-state index in [2.05, 4.69) is 48.2 Å². The van der Waals surface area contributed by atoms with Crippen molar-refractivity contribution in [3.8, 4) is 0 Å². The van der Waals surface area contributed by atoms with E-state index in [1.54, 1.807) is 11.9 Å². The molecule has 1 N–H and O–H groups in total. The van der Waals surface area contributed by atoms with Crippen molar-refractivity contribution < 1.29 is 4.74 Å². The maximum atomic E-state index is 12.9. The van der Waals surface area contributed by atoms with E-state index in [1.165, 1.54) is 24.0 Å². The maximum Gasteiger partial charge on any atom is 0.254 e. The smallest absolute Gasteiger partial charge is 0.254 e. The molecule has 2 atom stereocenters. The summed E-state index contributed by atoms with van der Waals surface area (Å²) in [6.07, 6.45) is 8.89. The lowest BCUT2D eigenvalue weighted by molar-refractivity contribution is -0.00154. The molecular formula is C25H34N2O2S. The molecule has 2 aromatic rings. The monoisotopic (exact) mass is 426 g/mol. The summed E-state index contributed by atoms with van der Waals surface area (Å²) in [6.45, 7) is 4.73. The van der Waals surface area contributed by atoms with Gasteiger partial charge in [-0.3, -0.25) is 9.52 Å². The van der Waals surface area contributed by atoms with Gasteiger partial charge in [0.15, 0.2) is 0 Å². The van der Waals surface area contributed by atoms with E-state index >= 15 is 0 Å². The fourth-order valence-electron chi connectivity index (χ4n) is 5.24. The normalized spacial score (nSPS) is 26.4. The zero-order valence-electron chi connectivity index (χ0n) is 18.4. The Bertz CT molecular complexity index is 918. The van der Waals surface area contributed by atoms with E-state index in [9.17, 15) is 4.79 Å². The Morgan fingerprint density at radius 3 is 2.53 bits per heavy atom. The van der Waals surface area contributed by atoms with Gasteiger partial charge in [-0.15, -0.1) is 0 Å². The van der Waals surface area contributed by atoms with Crippen LogP contribution in [0.4, 0.5) is 0 Å². The SMILES string of the molecule is CSNC1CCc2ccc(C)c(=O)n2C1COC1CCC(c2ccccc2C)CC1. The number of fused-ring (bicyclic) bond motifs is 1. The van der Waals surface area contributed by atoms with Crippen LogP contribution in [0.25, 0.3) is 0 Å². The number of ether oxygens (including phenoxy) is 1. The minimum atomic E-state index is 0.0580. The Kier molecular flexibility index (Phi) is 7.01. The first-order valence-corrected chi connectivity index (χ1v) is 12.5. The van der Waals surface area contributed by atoms with Crippen LogP contribution in [0.5, 0.6) is 0 Å². The van der Waals surface area contributed by atoms with E-state index in [4.69, 9.17) is 4.74 Å². The van der Waals surface area contributed by atoms with Gasteiger partial charge in [-0.1, -0.05) is 42.3 Å². The van der Waals surface area contributed by atoms with Crippen molar-refractivity contribution in [2.45, 2.75) is 76.5 Å². The van der Waals surface area contributed by atoms with Gasteiger partial charge in [0.05, 0.1) is 18.8 Å². The van der Waals surface area contributed by atoms with Crippen molar-refractivity contribution >= 4 is 11.9 Å². The molecule has 2 heterocycles. The molecule has 1 aliphatic carbocycles. The molecule has 2 unspecified atom stereocenters. The van der Waals surface area contributed by atoms with Crippen LogP contribution >= 0.6 is 11.9 Å². The van der Waals surface area contributed by atoms with Gasteiger partial charge in [-0.25, -0.2) is 0 Å². The van der Waals surface area contributed by atoms with E-state index in [1.807, 2.05) is 17.6 Å². The van der Waals surface area contributed by atoms with Crippen molar-refractivity contribution in [3.63, 3.8) is 0 Å². The van der Waals surface area contributed by atoms with Crippen LogP contribution in [-0.4, -0.2) is 29.6 Å². The second-order valence-corrected chi connectivity index (χ2v) is 9.52. The predicted octanol–water partition coefficient (Wildman–Crippen LogP) is 4.93. The number of rotatable bonds is 6. The molecule has 2 aliphatic rings. The maximum absolute atomic E-state index is 12.9. The Hall–Kier alpha value is -1.56. The minimum absolute atomic E-state index is 0.0580. The molecule has 4 rings (SSSR count). The van der Waals surface area contributed by atoms with Crippen LogP contribution in [-0.2, 0) is 11.2 Å². The number of hydrogen-bond donors (Lipinski definition) is 1. The number of benzene rings is 1. The van der Waals surface area contributed by atoms with Gasteiger partial charge in [-0.05, 0) is 81.7 Å². The van der Waals surface area contributed by atoms with Gasteiger partial charge in [-0.2, -0.15) is 0 Å². The highest BCUT2D eigenvalue weighted by Crippen LogP contribution is 2.36. The number of pyridine rings is 1. The Morgan fingerprint density at radius 2 is 1.80 bits per heavy atom. The van der Waals surface area contributed by atoms with Crippen LogP contribution in [0.1, 0.15) is 66.4 Å². The Balaban J connectivity index is 1.42. The van der Waals surface area contributed by atoms with Crippen LogP contribution in [0.2, 0.25) is 0 Å². The topological polar surface area (TPSA) is 43.3 Å². The van der Waals surface area contributed by atoms with Gasteiger partial charge < -0.3 is 9.30 Å². The van der Waals surface area contributed by atoms with Gasteiger partial charge >= 0.3 is 0 Å². The van der Waals surface area contributed by atoms with E-state index < -0.39 is 0 Å². The molecule has 1 fully saturated rings. The van der Waals surface area contributed by atoms with Crippen LogP contribution < -0.4 is 10.3 Å². The summed E-state index contributed by atoms with van der Waals surface area (Å²) in [4.78, 5) is 12.9.